The summed E-state index contributed by atoms with van der Waals surface area (Å²) in [4.78, 5) is 45.7. The minimum absolute atomic E-state index is 0.00433. The fraction of sp³-hybridized carbons (Fsp3) is 0.531. The highest BCUT2D eigenvalue weighted by Crippen LogP contribution is 2.37. The first kappa shape index (κ1) is 36.0. The van der Waals surface area contributed by atoms with E-state index in [4.69, 9.17) is 15.2 Å². The lowest BCUT2D eigenvalue weighted by Gasteiger charge is -2.53. The molecule has 15 heteroatoms. The molecule has 2 fully saturated rings. The van der Waals surface area contributed by atoms with Gasteiger partial charge in [-0.3, -0.25) is 14.5 Å². The molecule has 0 spiro atoms. The molecule has 47 heavy (non-hydrogen) atoms. The van der Waals surface area contributed by atoms with E-state index in [0.717, 1.165) is 5.56 Å². The minimum Gasteiger partial charge on any atom is -0.444 e. The number of alkyl halides is 6. The molecular formula is C32H38F6N4O5. The molecule has 2 N–H and O–H groups in total. The van der Waals surface area contributed by atoms with Crippen LogP contribution in [0.25, 0.3) is 0 Å². The molecule has 258 valence electrons. The van der Waals surface area contributed by atoms with Gasteiger partial charge in [0.2, 0.25) is 11.8 Å². The first-order chi connectivity index (χ1) is 22.2. The van der Waals surface area contributed by atoms with Crippen LogP contribution in [0.3, 0.4) is 0 Å². The van der Waals surface area contributed by atoms with Crippen LogP contribution in [0.4, 0.5) is 31.1 Å². The van der Waals surface area contributed by atoms with Crippen molar-refractivity contribution in [3.8, 4) is 0 Å². The van der Waals surface area contributed by atoms with E-state index in [2.05, 4.69) is 0 Å². The third-order valence-electron chi connectivity index (χ3n) is 8.30. The second-order valence-corrected chi connectivity index (χ2v) is 11.7. The van der Waals surface area contributed by atoms with E-state index in [0.29, 0.717) is 44.5 Å². The standard InChI is InChI=1S/C32H38F6N4O5/c1-46-13-7-12-40-19-27-41(30(45)47-20-22-15-24(31(33,34)35)17-25(16-22)32(36,37)38)18-23(14-21-8-3-2-4-9-21)28(43)42(27)26(29(40)44)10-5-6-11-39/h2-4,8-9,15-17,23,26-27H,5-7,10-14,18-20,39H2,1H3/t23-,26+,27-/m1/s1. The maximum Gasteiger partial charge on any atom is 0.416 e. The summed E-state index contributed by atoms with van der Waals surface area (Å²) in [5, 5.41) is 0. The summed E-state index contributed by atoms with van der Waals surface area (Å²) < 4.78 is 91.1. The van der Waals surface area contributed by atoms with Crippen LogP contribution in [0.5, 0.6) is 0 Å². The zero-order valence-corrected chi connectivity index (χ0v) is 25.9. The van der Waals surface area contributed by atoms with Gasteiger partial charge in [-0.2, -0.15) is 26.3 Å². The second-order valence-electron chi connectivity index (χ2n) is 11.7. The monoisotopic (exact) mass is 672 g/mol. The third kappa shape index (κ3) is 8.95. The molecular weight excluding hydrogens is 634 g/mol. The number of piperazine rings is 1. The predicted molar refractivity (Wildman–Crippen MR) is 157 cm³/mol. The van der Waals surface area contributed by atoms with Gasteiger partial charge in [0.25, 0.3) is 0 Å². The van der Waals surface area contributed by atoms with E-state index in [1.165, 1.54) is 16.9 Å². The van der Waals surface area contributed by atoms with Crippen LogP contribution in [0.2, 0.25) is 0 Å². The van der Waals surface area contributed by atoms with E-state index in [1.807, 2.05) is 12.1 Å². The average Bonchev–Trinajstić information content (AvgIpc) is 3.02. The smallest absolute Gasteiger partial charge is 0.416 e. The number of nitrogens with two attached hydrogens (primary N) is 1. The van der Waals surface area contributed by atoms with Gasteiger partial charge < -0.3 is 25.0 Å². The minimum atomic E-state index is -5.07. The van der Waals surface area contributed by atoms with E-state index in [-0.39, 0.29) is 50.4 Å². The zero-order valence-electron chi connectivity index (χ0n) is 25.9. The Labute approximate surface area is 268 Å². The van der Waals surface area contributed by atoms with E-state index >= 15 is 0 Å². The summed E-state index contributed by atoms with van der Waals surface area (Å²) >= 11 is 0. The van der Waals surface area contributed by atoms with Crippen LogP contribution in [-0.2, 0) is 44.4 Å². The maximum atomic E-state index is 14.0. The number of ether oxygens (including phenoxy) is 2. The van der Waals surface area contributed by atoms with Crippen molar-refractivity contribution in [3.63, 3.8) is 0 Å². The lowest BCUT2D eigenvalue weighted by molar-refractivity contribution is -0.173. The largest absolute Gasteiger partial charge is 0.444 e. The number of amides is 3. The lowest BCUT2D eigenvalue weighted by Crippen LogP contribution is -2.73. The molecule has 2 aliphatic rings. The van der Waals surface area contributed by atoms with Crippen molar-refractivity contribution in [3.05, 3.63) is 70.8 Å². The molecule has 2 aromatic carbocycles. The molecule has 0 unspecified atom stereocenters. The Balaban J connectivity index is 1.66. The number of halogens is 6. The molecule has 0 aliphatic carbocycles. The average molecular weight is 673 g/mol. The van der Waals surface area contributed by atoms with Crippen LogP contribution in [0.15, 0.2) is 48.5 Å². The number of unbranched alkanes of at least 4 members (excludes halogenated alkanes) is 1. The van der Waals surface area contributed by atoms with Crippen molar-refractivity contribution in [2.45, 2.75) is 63.3 Å². The summed E-state index contributed by atoms with van der Waals surface area (Å²) in [7, 11) is 1.52. The van der Waals surface area contributed by atoms with Crippen molar-refractivity contribution in [1.82, 2.24) is 14.7 Å². The Morgan fingerprint density at radius 3 is 2.15 bits per heavy atom. The van der Waals surface area contributed by atoms with Gasteiger partial charge in [-0.05, 0) is 68.0 Å². The Morgan fingerprint density at radius 2 is 1.55 bits per heavy atom. The second kappa shape index (κ2) is 15.4. The van der Waals surface area contributed by atoms with Gasteiger partial charge in [-0.25, -0.2) is 4.79 Å². The number of fused-ring (bicyclic) bond motifs is 1. The predicted octanol–water partition coefficient (Wildman–Crippen LogP) is 5.07. The number of carbonyl (C=O) groups excluding carboxylic acids is 3. The number of hydrogen-bond acceptors (Lipinski definition) is 6. The van der Waals surface area contributed by atoms with Crippen molar-refractivity contribution >= 4 is 17.9 Å². The Morgan fingerprint density at radius 1 is 0.894 bits per heavy atom. The fourth-order valence-electron chi connectivity index (χ4n) is 6.03. The van der Waals surface area contributed by atoms with Crippen molar-refractivity contribution in [2.75, 3.05) is 39.9 Å². The highest BCUT2D eigenvalue weighted by Gasteiger charge is 2.51. The maximum absolute atomic E-state index is 14.0. The van der Waals surface area contributed by atoms with E-state index < -0.39 is 59.9 Å². The van der Waals surface area contributed by atoms with Crippen LogP contribution >= 0.6 is 0 Å². The number of methoxy groups -OCH3 is 1. The van der Waals surface area contributed by atoms with Crippen molar-refractivity contribution < 1.29 is 50.2 Å². The zero-order chi connectivity index (χ0) is 34.4. The molecule has 2 heterocycles. The number of rotatable bonds is 12. The lowest BCUT2D eigenvalue weighted by atomic mass is 9.90. The Bertz CT molecular complexity index is 1360. The summed E-state index contributed by atoms with van der Waals surface area (Å²) in [5.74, 6) is -1.42. The van der Waals surface area contributed by atoms with Gasteiger partial charge >= 0.3 is 18.4 Å². The van der Waals surface area contributed by atoms with Crippen LogP contribution < -0.4 is 5.73 Å². The van der Waals surface area contributed by atoms with E-state index in [1.54, 1.807) is 23.1 Å². The summed E-state index contributed by atoms with van der Waals surface area (Å²) in [6.45, 7) is -0.0776. The number of nitrogens with zero attached hydrogens (tertiary/aromatic N) is 3. The van der Waals surface area contributed by atoms with Crippen LogP contribution in [0, 0.1) is 5.92 Å². The first-order valence-electron chi connectivity index (χ1n) is 15.3. The topological polar surface area (TPSA) is 105 Å². The molecule has 0 saturated carbocycles. The van der Waals surface area contributed by atoms with E-state index in [9.17, 15) is 40.7 Å². The molecule has 2 aromatic rings. The fourth-order valence-corrected chi connectivity index (χ4v) is 6.03. The number of benzene rings is 2. The summed E-state index contributed by atoms with van der Waals surface area (Å²) in [6, 6.07) is 9.08. The molecule has 2 aliphatic heterocycles. The molecule has 0 radical (unpaired) electrons. The van der Waals surface area contributed by atoms with Gasteiger partial charge in [0.05, 0.1) is 23.6 Å². The van der Waals surface area contributed by atoms with Crippen molar-refractivity contribution in [2.24, 2.45) is 11.7 Å². The third-order valence-corrected chi connectivity index (χ3v) is 8.30. The quantitative estimate of drug-likeness (QED) is 0.250. The summed E-state index contributed by atoms with van der Waals surface area (Å²) in [6.07, 6.45) is -10.1. The molecule has 9 nitrogen and oxygen atoms in total. The Hall–Kier alpha value is -3.85. The van der Waals surface area contributed by atoms with Gasteiger partial charge in [-0.1, -0.05) is 30.3 Å². The molecule has 4 rings (SSSR count). The summed E-state index contributed by atoms with van der Waals surface area (Å²) in [5.41, 5.74) is 2.90. The highest BCUT2D eigenvalue weighted by atomic mass is 19.4. The van der Waals surface area contributed by atoms with Gasteiger partial charge in [0.1, 0.15) is 18.8 Å². The highest BCUT2D eigenvalue weighted by molar-refractivity contribution is 5.91. The Kier molecular flexibility index (Phi) is 11.8. The molecule has 3 atom stereocenters. The van der Waals surface area contributed by atoms with Crippen molar-refractivity contribution in [1.29, 1.82) is 0 Å². The molecule has 0 aromatic heterocycles. The van der Waals surface area contributed by atoms with Gasteiger partial charge in [0.15, 0.2) is 0 Å². The SMILES string of the molecule is COCCCN1C[C@@H]2N(C(=O)OCc3cc(C(F)(F)F)cc(C(F)(F)F)c3)C[C@@H](Cc3ccccc3)C(=O)N2[C@@H](CCCCN)C1=O. The molecule has 3 amide bonds. The van der Waals surface area contributed by atoms with Gasteiger partial charge in [0, 0.05) is 26.8 Å². The van der Waals surface area contributed by atoms with Gasteiger partial charge in [-0.15, -0.1) is 0 Å². The number of carbonyl (C=O) groups is 3. The first-order valence-corrected chi connectivity index (χ1v) is 15.3. The molecule has 2 saturated heterocycles. The molecule has 0 bridgehead atoms. The van der Waals surface area contributed by atoms with Crippen LogP contribution in [-0.4, -0.2) is 84.7 Å². The normalized spacial score (nSPS) is 20.4. The van der Waals surface area contributed by atoms with Crippen LogP contribution in [0.1, 0.15) is 47.9 Å². The number of hydrogen-bond donors (Lipinski definition) is 1.